The lowest BCUT2D eigenvalue weighted by atomic mass is 10.1. The molecule has 1 aromatic heterocycles. The van der Waals surface area contributed by atoms with Crippen LogP contribution in [-0.2, 0) is 22.9 Å². The van der Waals surface area contributed by atoms with E-state index in [0.29, 0.717) is 10.6 Å². The number of nitrogens with zero attached hydrogens (tertiary/aromatic N) is 4. The minimum absolute atomic E-state index is 0.299. The molecule has 8 heteroatoms. The Hall–Kier alpha value is -2.74. The number of aromatic nitrogens is 4. The van der Waals surface area contributed by atoms with Gasteiger partial charge in [-0.15, -0.1) is 5.10 Å². The number of aryl methyl sites for hydroxylation is 2. The number of anilines is 1. The molecule has 0 aliphatic heterocycles. The van der Waals surface area contributed by atoms with Crippen LogP contribution in [0.4, 0.5) is 5.69 Å². The third kappa shape index (κ3) is 2.76. The third-order valence-corrected chi connectivity index (χ3v) is 5.49. The molecule has 2 aromatic carbocycles. The largest absolute Gasteiger partial charge is 0.280 e. The molecule has 24 heavy (non-hydrogen) atoms. The molecule has 1 aliphatic rings. The van der Waals surface area contributed by atoms with Crippen LogP contribution in [0, 0.1) is 0 Å². The fourth-order valence-corrected chi connectivity index (χ4v) is 4.00. The summed E-state index contributed by atoms with van der Waals surface area (Å²) in [5.41, 5.74) is 3.62. The van der Waals surface area contributed by atoms with Crippen molar-refractivity contribution in [3.05, 3.63) is 59.9 Å². The van der Waals surface area contributed by atoms with Gasteiger partial charge in [0.05, 0.1) is 10.6 Å². The maximum absolute atomic E-state index is 12.6. The zero-order valence-corrected chi connectivity index (χ0v) is 13.6. The number of benzene rings is 2. The Labute approximate surface area is 139 Å². The summed E-state index contributed by atoms with van der Waals surface area (Å²) in [5, 5.41) is 10.9. The monoisotopic (exact) mass is 341 g/mol. The van der Waals surface area contributed by atoms with E-state index in [2.05, 4.69) is 20.2 Å². The van der Waals surface area contributed by atoms with Gasteiger partial charge in [0.2, 0.25) is 0 Å². The van der Waals surface area contributed by atoms with Crippen LogP contribution in [0.15, 0.2) is 53.7 Å². The molecular formula is C16H15N5O2S. The number of fused-ring (bicyclic) bond motifs is 1. The Morgan fingerprint density at radius 1 is 1.00 bits per heavy atom. The van der Waals surface area contributed by atoms with Gasteiger partial charge in [-0.25, -0.2) is 13.1 Å². The SMILES string of the molecule is O=S(=O)(Nc1ccc(-n2cnnn2)cc1)c1ccc2c(c1)CCC2. The molecule has 7 nitrogen and oxygen atoms in total. The number of hydrogen-bond donors (Lipinski definition) is 1. The first-order valence-corrected chi connectivity index (χ1v) is 9.08. The molecule has 0 saturated heterocycles. The van der Waals surface area contributed by atoms with E-state index in [1.54, 1.807) is 36.4 Å². The number of hydrogen-bond acceptors (Lipinski definition) is 5. The Morgan fingerprint density at radius 2 is 1.79 bits per heavy atom. The molecule has 0 atom stereocenters. The van der Waals surface area contributed by atoms with E-state index in [9.17, 15) is 8.42 Å². The molecule has 0 unspecified atom stereocenters. The Kier molecular flexibility index (Phi) is 3.53. The van der Waals surface area contributed by atoms with Crippen molar-refractivity contribution in [2.24, 2.45) is 0 Å². The van der Waals surface area contributed by atoms with Crippen molar-refractivity contribution in [1.29, 1.82) is 0 Å². The van der Waals surface area contributed by atoms with Crippen molar-refractivity contribution in [2.75, 3.05) is 4.72 Å². The van der Waals surface area contributed by atoms with Crippen LogP contribution in [-0.4, -0.2) is 28.6 Å². The second kappa shape index (κ2) is 5.72. The molecule has 0 fully saturated rings. The number of tetrazole rings is 1. The zero-order valence-electron chi connectivity index (χ0n) is 12.8. The highest BCUT2D eigenvalue weighted by molar-refractivity contribution is 7.92. The van der Waals surface area contributed by atoms with E-state index in [4.69, 9.17) is 0 Å². The highest BCUT2D eigenvalue weighted by Crippen LogP contribution is 2.26. The van der Waals surface area contributed by atoms with Crippen LogP contribution in [0.25, 0.3) is 5.69 Å². The van der Waals surface area contributed by atoms with Gasteiger partial charge in [0.15, 0.2) is 0 Å². The lowest BCUT2D eigenvalue weighted by Gasteiger charge is -2.10. The van der Waals surface area contributed by atoms with Crippen molar-refractivity contribution in [3.8, 4) is 5.69 Å². The topological polar surface area (TPSA) is 89.8 Å². The van der Waals surface area contributed by atoms with E-state index in [-0.39, 0.29) is 0 Å². The molecular weight excluding hydrogens is 326 g/mol. The van der Waals surface area contributed by atoms with E-state index < -0.39 is 10.0 Å². The number of nitrogens with one attached hydrogen (secondary N) is 1. The molecule has 1 aliphatic carbocycles. The summed E-state index contributed by atoms with van der Waals surface area (Å²) in [4.78, 5) is 0.299. The minimum atomic E-state index is -3.60. The summed E-state index contributed by atoms with van der Waals surface area (Å²) >= 11 is 0. The lowest BCUT2D eigenvalue weighted by molar-refractivity contribution is 0.601. The molecule has 0 bridgehead atoms. The molecule has 4 rings (SSSR count). The van der Waals surface area contributed by atoms with Crippen molar-refractivity contribution in [3.63, 3.8) is 0 Å². The summed E-state index contributed by atoms with van der Waals surface area (Å²) in [7, 11) is -3.60. The predicted octanol–water partition coefficient (Wildman–Crippen LogP) is 1.95. The first kappa shape index (κ1) is 14.8. The maximum atomic E-state index is 12.6. The standard InChI is InChI=1S/C16H15N5O2S/c22-24(23,16-9-4-12-2-1-3-13(12)10-16)18-14-5-7-15(8-6-14)21-11-17-19-20-21/h4-11,18H,1-3H2. The Bertz CT molecular complexity index is 966. The molecule has 0 amide bonds. The molecule has 122 valence electrons. The smallest absolute Gasteiger partial charge is 0.261 e. The number of sulfonamides is 1. The summed E-state index contributed by atoms with van der Waals surface area (Å²) in [6.07, 6.45) is 4.54. The normalized spacial score (nSPS) is 13.7. The van der Waals surface area contributed by atoms with Gasteiger partial charge in [-0.05, 0) is 77.2 Å². The highest BCUT2D eigenvalue weighted by atomic mass is 32.2. The molecule has 0 spiro atoms. The van der Waals surface area contributed by atoms with Gasteiger partial charge < -0.3 is 0 Å². The second-order valence-electron chi connectivity index (χ2n) is 5.69. The van der Waals surface area contributed by atoms with Crippen LogP contribution in [0.5, 0.6) is 0 Å². The quantitative estimate of drug-likeness (QED) is 0.783. The van der Waals surface area contributed by atoms with Gasteiger partial charge in [0, 0.05) is 5.69 Å². The summed E-state index contributed by atoms with van der Waals surface area (Å²) in [5.74, 6) is 0. The fraction of sp³-hybridized carbons (Fsp3) is 0.188. The molecule has 1 N–H and O–H groups in total. The molecule has 3 aromatic rings. The van der Waals surface area contributed by atoms with Crippen molar-refractivity contribution < 1.29 is 8.42 Å². The van der Waals surface area contributed by atoms with E-state index in [1.807, 2.05) is 6.07 Å². The first-order valence-electron chi connectivity index (χ1n) is 7.60. The van der Waals surface area contributed by atoms with Crippen LogP contribution in [0.3, 0.4) is 0 Å². The van der Waals surface area contributed by atoms with Gasteiger partial charge in [-0.2, -0.15) is 0 Å². The van der Waals surface area contributed by atoms with Crippen molar-refractivity contribution >= 4 is 15.7 Å². The van der Waals surface area contributed by atoms with Crippen LogP contribution < -0.4 is 4.72 Å². The van der Waals surface area contributed by atoms with E-state index >= 15 is 0 Å². The fourth-order valence-electron chi connectivity index (χ4n) is 2.89. The van der Waals surface area contributed by atoms with Crippen LogP contribution in [0.2, 0.25) is 0 Å². The zero-order chi connectivity index (χ0) is 16.6. The first-order chi connectivity index (χ1) is 11.6. The van der Waals surface area contributed by atoms with Crippen molar-refractivity contribution in [2.45, 2.75) is 24.2 Å². The molecule has 0 saturated carbocycles. The van der Waals surface area contributed by atoms with Gasteiger partial charge in [0.25, 0.3) is 10.0 Å². The minimum Gasteiger partial charge on any atom is -0.280 e. The van der Waals surface area contributed by atoms with Crippen LogP contribution in [0.1, 0.15) is 17.5 Å². The summed E-state index contributed by atoms with van der Waals surface area (Å²) in [6, 6.07) is 12.2. The van der Waals surface area contributed by atoms with Gasteiger partial charge in [0.1, 0.15) is 6.33 Å². The summed E-state index contributed by atoms with van der Waals surface area (Å²) < 4.78 is 29.2. The average molecular weight is 341 g/mol. The van der Waals surface area contributed by atoms with Gasteiger partial charge >= 0.3 is 0 Å². The Balaban J connectivity index is 1.57. The van der Waals surface area contributed by atoms with E-state index in [0.717, 1.165) is 30.5 Å². The molecule has 1 heterocycles. The number of rotatable bonds is 4. The van der Waals surface area contributed by atoms with Gasteiger partial charge in [-0.3, -0.25) is 4.72 Å². The second-order valence-corrected chi connectivity index (χ2v) is 7.37. The third-order valence-electron chi connectivity index (χ3n) is 4.11. The summed E-state index contributed by atoms with van der Waals surface area (Å²) in [6.45, 7) is 0. The van der Waals surface area contributed by atoms with E-state index in [1.165, 1.54) is 16.6 Å². The van der Waals surface area contributed by atoms with Crippen LogP contribution >= 0.6 is 0 Å². The van der Waals surface area contributed by atoms with Gasteiger partial charge in [-0.1, -0.05) is 6.07 Å². The van der Waals surface area contributed by atoms with Crippen molar-refractivity contribution in [1.82, 2.24) is 20.2 Å². The average Bonchev–Trinajstić information content (AvgIpc) is 3.26. The predicted molar refractivity (Wildman–Crippen MR) is 88.4 cm³/mol. The molecule has 0 radical (unpaired) electrons. The Morgan fingerprint density at radius 3 is 2.54 bits per heavy atom. The maximum Gasteiger partial charge on any atom is 0.261 e. The lowest BCUT2D eigenvalue weighted by Crippen LogP contribution is -2.13. The highest BCUT2D eigenvalue weighted by Gasteiger charge is 2.18.